The molecule has 134 valence electrons. The number of aromatic carboxylic acids is 1. The smallest absolute Gasteiger partial charge is 0.337 e. The summed E-state index contributed by atoms with van der Waals surface area (Å²) in [6.07, 6.45) is 0. The minimum Gasteiger partial charge on any atom is -0.493 e. The van der Waals surface area contributed by atoms with E-state index in [1.165, 1.54) is 38.5 Å². The number of hydrogen-bond donors (Lipinski definition) is 2. The first-order valence-corrected chi connectivity index (χ1v) is 8.77. The molecule has 2 aromatic carbocycles. The Morgan fingerprint density at radius 2 is 1.60 bits per heavy atom. The van der Waals surface area contributed by atoms with Crippen molar-refractivity contribution >= 4 is 21.7 Å². The van der Waals surface area contributed by atoms with Gasteiger partial charge in [0.05, 0.1) is 30.4 Å². The average molecular weight is 365 g/mol. The van der Waals surface area contributed by atoms with Crippen molar-refractivity contribution in [1.82, 2.24) is 0 Å². The molecule has 0 heterocycles. The lowest BCUT2D eigenvalue weighted by Gasteiger charge is -2.15. The van der Waals surface area contributed by atoms with Gasteiger partial charge in [-0.15, -0.1) is 0 Å². The zero-order chi connectivity index (χ0) is 18.8. The Labute approximate surface area is 146 Å². The first kappa shape index (κ1) is 18.6. The molecule has 0 bridgehead atoms. The number of carboxylic acid groups (broad SMARTS) is 1. The molecule has 0 saturated heterocycles. The van der Waals surface area contributed by atoms with Crippen LogP contribution in [0.25, 0.3) is 0 Å². The van der Waals surface area contributed by atoms with E-state index in [0.29, 0.717) is 0 Å². The molecule has 7 nitrogen and oxygen atoms in total. The van der Waals surface area contributed by atoms with E-state index in [2.05, 4.69) is 4.72 Å². The number of methoxy groups -OCH3 is 2. The number of anilines is 1. The number of aryl methyl sites for hydroxylation is 2. The normalized spacial score (nSPS) is 11.0. The van der Waals surface area contributed by atoms with Crippen LogP contribution < -0.4 is 14.2 Å². The van der Waals surface area contributed by atoms with Crippen molar-refractivity contribution in [3.8, 4) is 11.5 Å². The van der Waals surface area contributed by atoms with E-state index in [-0.39, 0.29) is 27.6 Å². The predicted octanol–water partition coefficient (Wildman–Crippen LogP) is 2.82. The van der Waals surface area contributed by atoms with Crippen molar-refractivity contribution in [2.75, 3.05) is 18.9 Å². The number of hydrogen-bond acceptors (Lipinski definition) is 5. The van der Waals surface area contributed by atoms with Crippen LogP contribution in [0, 0.1) is 13.8 Å². The summed E-state index contributed by atoms with van der Waals surface area (Å²) in [5.41, 5.74) is 1.42. The maximum atomic E-state index is 12.6. The molecule has 0 aliphatic heterocycles. The number of sulfonamides is 1. The van der Waals surface area contributed by atoms with Gasteiger partial charge in [-0.1, -0.05) is 6.07 Å². The van der Waals surface area contributed by atoms with Crippen LogP contribution in [-0.2, 0) is 10.0 Å². The molecular formula is C17H19NO6S. The Hall–Kier alpha value is -2.74. The third-order valence-electron chi connectivity index (χ3n) is 3.79. The number of rotatable bonds is 6. The molecule has 2 rings (SSSR count). The highest BCUT2D eigenvalue weighted by atomic mass is 32.2. The van der Waals surface area contributed by atoms with E-state index in [4.69, 9.17) is 9.47 Å². The highest BCUT2D eigenvalue weighted by Gasteiger charge is 2.22. The highest BCUT2D eigenvalue weighted by Crippen LogP contribution is 2.34. The Morgan fingerprint density at radius 3 is 2.12 bits per heavy atom. The SMILES string of the molecule is COc1cc(NS(=O)(=O)c2ccc(C)c(C)c2)c(C(=O)O)cc1OC. The van der Waals surface area contributed by atoms with Crippen molar-refractivity contribution in [2.24, 2.45) is 0 Å². The Kier molecular flexibility index (Phi) is 5.22. The van der Waals surface area contributed by atoms with Gasteiger partial charge in [-0.25, -0.2) is 13.2 Å². The lowest BCUT2D eigenvalue weighted by Crippen LogP contribution is -2.16. The maximum absolute atomic E-state index is 12.6. The maximum Gasteiger partial charge on any atom is 0.337 e. The molecule has 0 fully saturated rings. The summed E-state index contributed by atoms with van der Waals surface area (Å²) < 4.78 is 37.7. The lowest BCUT2D eigenvalue weighted by atomic mass is 10.1. The van der Waals surface area contributed by atoms with Gasteiger partial charge >= 0.3 is 5.97 Å². The molecule has 8 heteroatoms. The highest BCUT2D eigenvalue weighted by molar-refractivity contribution is 7.92. The predicted molar refractivity (Wildman–Crippen MR) is 93.2 cm³/mol. The van der Waals surface area contributed by atoms with Crippen molar-refractivity contribution in [3.05, 3.63) is 47.0 Å². The molecule has 2 N–H and O–H groups in total. The summed E-state index contributed by atoms with van der Waals surface area (Å²) in [6, 6.07) is 7.17. The van der Waals surface area contributed by atoms with Crippen molar-refractivity contribution in [3.63, 3.8) is 0 Å². The summed E-state index contributed by atoms with van der Waals surface area (Å²) >= 11 is 0. The van der Waals surface area contributed by atoms with Crippen LogP contribution in [0.1, 0.15) is 21.5 Å². The summed E-state index contributed by atoms with van der Waals surface area (Å²) in [5.74, 6) is -0.891. The van der Waals surface area contributed by atoms with Gasteiger partial charge in [0.2, 0.25) is 0 Å². The standard InChI is InChI=1S/C17H19NO6S/c1-10-5-6-12(7-11(10)2)25(21,22)18-14-9-16(24-4)15(23-3)8-13(14)17(19)20/h5-9,18H,1-4H3,(H,19,20). The number of ether oxygens (including phenoxy) is 2. The third kappa shape index (κ3) is 3.85. The van der Waals surface area contributed by atoms with Crippen LogP contribution in [-0.4, -0.2) is 33.7 Å². The summed E-state index contributed by atoms with van der Waals surface area (Å²) in [4.78, 5) is 11.5. The summed E-state index contributed by atoms with van der Waals surface area (Å²) in [5, 5.41) is 9.37. The molecular weight excluding hydrogens is 346 g/mol. The van der Waals surface area contributed by atoms with Crippen LogP contribution >= 0.6 is 0 Å². The molecule has 25 heavy (non-hydrogen) atoms. The molecule has 0 aromatic heterocycles. The van der Waals surface area contributed by atoms with Crippen LogP contribution in [0.2, 0.25) is 0 Å². The fraction of sp³-hybridized carbons (Fsp3) is 0.235. The van der Waals surface area contributed by atoms with Gasteiger partial charge < -0.3 is 14.6 Å². The van der Waals surface area contributed by atoms with Crippen LogP contribution in [0.4, 0.5) is 5.69 Å². The second kappa shape index (κ2) is 7.02. The van der Waals surface area contributed by atoms with Gasteiger partial charge in [0.15, 0.2) is 11.5 Å². The van der Waals surface area contributed by atoms with E-state index in [9.17, 15) is 18.3 Å². The average Bonchev–Trinajstić information content (AvgIpc) is 2.56. The van der Waals surface area contributed by atoms with Gasteiger partial charge in [0, 0.05) is 12.1 Å². The third-order valence-corrected chi connectivity index (χ3v) is 5.15. The second-order valence-electron chi connectivity index (χ2n) is 5.41. The zero-order valence-corrected chi connectivity index (χ0v) is 15.1. The van der Waals surface area contributed by atoms with Gasteiger partial charge in [0.1, 0.15) is 0 Å². The number of carboxylic acids is 1. The topological polar surface area (TPSA) is 102 Å². The molecule has 0 spiro atoms. The van der Waals surface area contributed by atoms with Crippen LogP contribution in [0.15, 0.2) is 35.2 Å². The number of nitrogens with one attached hydrogen (secondary N) is 1. The number of carbonyl (C=O) groups is 1. The first-order chi connectivity index (χ1) is 11.7. The Morgan fingerprint density at radius 1 is 1.00 bits per heavy atom. The van der Waals surface area contributed by atoms with Gasteiger partial charge in [0.25, 0.3) is 10.0 Å². The molecule has 0 aliphatic carbocycles. The van der Waals surface area contributed by atoms with E-state index in [0.717, 1.165) is 11.1 Å². The minimum atomic E-state index is -3.96. The van der Waals surface area contributed by atoms with Gasteiger partial charge in [-0.05, 0) is 37.1 Å². The Bertz CT molecular complexity index is 921. The van der Waals surface area contributed by atoms with Crippen LogP contribution in [0.3, 0.4) is 0 Å². The van der Waals surface area contributed by atoms with Crippen LogP contribution in [0.5, 0.6) is 11.5 Å². The van der Waals surface area contributed by atoms with E-state index in [1.807, 2.05) is 6.92 Å². The summed E-state index contributed by atoms with van der Waals surface area (Å²) in [7, 11) is -1.22. The summed E-state index contributed by atoms with van der Waals surface area (Å²) in [6.45, 7) is 3.67. The molecule has 0 atom stereocenters. The van der Waals surface area contributed by atoms with Crippen molar-refractivity contribution in [1.29, 1.82) is 0 Å². The lowest BCUT2D eigenvalue weighted by molar-refractivity contribution is 0.0697. The fourth-order valence-electron chi connectivity index (χ4n) is 2.23. The largest absolute Gasteiger partial charge is 0.493 e. The van der Waals surface area contributed by atoms with E-state index in [1.54, 1.807) is 13.0 Å². The zero-order valence-electron chi connectivity index (χ0n) is 14.3. The molecule has 0 aliphatic rings. The van der Waals surface area contributed by atoms with Gasteiger partial charge in [-0.3, -0.25) is 4.72 Å². The molecule has 0 unspecified atom stereocenters. The molecule has 0 amide bonds. The van der Waals surface area contributed by atoms with Gasteiger partial charge in [-0.2, -0.15) is 0 Å². The molecule has 2 aromatic rings. The Balaban J connectivity index is 2.54. The molecule has 0 radical (unpaired) electrons. The first-order valence-electron chi connectivity index (χ1n) is 7.29. The quantitative estimate of drug-likeness (QED) is 0.816. The van der Waals surface area contributed by atoms with E-state index < -0.39 is 16.0 Å². The monoisotopic (exact) mass is 365 g/mol. The minimum absolute atomic E-state index is 0.0433. The van der Waals surface area contributed by atoms with E-state index >= 15 is 0 Å². The van der Waals surface area contributed by atoms with Crippen molar-refractivity contribution in [2.45, 2.75) is 18.7 Å². The fourth-order valence-corrected chi connectivity index (χ4v) is 3.38. The number of benzene rings is 2. The molecule has 0 saturated carbocycles. The second-order valence-corrected chi connectivity index (χ2v) is 7.09. The van der Waals surface area contributed by atoms with Crippen molar-refractivity contribution < 1.29 is 27.8 Å².